The fraction of sp³-hybridized carbons (Fsp3) is 0.640. The number of aromatic amines is 1. The monoisotopic (exact) mass is 1130 g/mol. The Morgan fingerprint density at radius 3 is 1.78 bits per heavy atom. The number of rotatable bonds is 9. The number of carbonyl (C=O) groups is 3. The van der Waals surface area contributed by atoms with Gasteiger partial charge in [0.25, 0.3) is 16.9 Å². The number of hydrogen-bond donors (Lipinski definition) is 2. The van der Waals surface area contributed by atoms with Crippen LogP contribution in [0.3, 0.4) is 0 Å². The SMILES string of the molecule is CCc1c(N2CCN(C(=O)OC(C)(C)C)CC2)c(=O)n2nc(N3CCC[C@@H](F)C3)nc2n1CC(=O)Nc1ccc(C(F)(F)F)nc1Cl.CCc1nc2nc(N3CCC[C@@H](F)C3)[nH]n2c(=O)c1N1CCN(C(=O)OC(C)(C)C)CC1. The van der Waals surface area contributed by atoms with Crippen molar-refractivity contribution in [2.45, 2.75) is 130 Å². The molecule has 2 N–H and O–H groups in total. The van der Waals surface area contributed by atoms with Crippen molar-refractivity contribution >= 4 is 70.2 Å². The molecular weight excluding hydrogens is 1070 g/mol. The number of nitrogens with one attached hydrogen (secondary N) is 2. The first-order chi connectivity index (χ1) is 37.2. The second-order valence-electron chi connectivity index (χ2n) is 21.8. The topological polar surface area (TPSA) is 229 Å². The summed E-state index contributed by atoms with van der Waals surface area (Å²) in [4.78, 5) is 93.3. The number of halogens is 6. The van der Waals surface area contributed by atoms with Crippen LogP contribution in [0, 0.1) is 0 Å². The highest BCUT2D eigenvalue weighted by atomic mass is 35.5. The lowest BCUT2D eigenvalue weighted by molar-refractivity contribution is -0.141. The average Bonchev–Trinajstić information content (AvgIpc) is 4.19. The van der Waals surface area contributed by atoms with E-state index in [1.165, 1.54) is 9.08 Å². The van der Waals surface area contributed by atoms with E-state index >= 15 is 0 Å². The quantitative estimate of drug-likeness (QED) is 0.125. The lowest BCUT2D eigenvalue weighted by Crippen LogP contribution is -2.51. The Kier molecular flexibility index (Phi) is 17.2. The van der Waals surface area contributed by atoms with Crippen molar-refractivity contribution in [2.24, 2.45) is 0 Å². The number of alkyl halides is 5. The van der Waals surface area contributed by atoms with Gasteiger partial charge in [-0.15, -0.1) is 5.10 Å². The van der Waals surface area contributed by atoms with Gasteiger partial charge in [0.2, 0.25) is 23.6 Å². The predicted molar refractivity (Wildman–Crippen MR) is 285 cm³/mol. The summed E-state index contributed by atoms with van der Waals surface area (Å²) in [6.45, 7) is 18.7. The van der Waals surface area contributed by atoms with E-state index in [1.807, 2.05) is 42.4 Å². The maximum absolute atomic E-state index is 14.3. The fourth-order valence-electron chi connectivity index (χ4n) is 9.82. The van der Waals surface area contributed by atoms with Gasteiger partial charge in [-0.2, -0.15) is 32.2 Å². The Hall–Kier alpha value is -7.00. The normalized spacial score (nSPS) is 18.7. The van der Waals surface area contributed by atoms with Crippen molar-refractivity contribution in [1.29, 1.82) is 0 Å². The number of aromatic nitrogens is 9. The summed E-state index contributed by atoms with van der Waals surface area (Å²) in [5, 5.41) is 9.39. The molecule has 2 atom stereocenters. The summed E-state index contributed by atoms with van der Waals surface area (Å²) < 4.78 is 82.3. The molecule has 0 bridgehead atoms. The Labute approximate surface area is 456 Å². The van der Waals surface area contributed by atoms with Gasteiger partial charge < -0.3 is 48.8 Å². The number of fused-ring (bicyclic) bond motifs is 2. The standard InChI is InChI=1S/C29H36ClF4N9O4.C21H32FN7O3/c1-5-19-22(39-11-13-40(14-12-39)27(46)47-28(2,3)4)24(45)43-26(37-25(38-43)41-10-6-7-17(31)15-41)42(19)16-21(44)35-18-8-9-20(29(32,33)34)36-23(18)30;1-5-15-16(26-9-11-27(12-10-26)20(31)32-21(2,3)4)17(30)29-18(23-15)24-19(25-29)28-8-6-7-14(22)13-28/h8-9,17H,5-7,10-16H2,1-4H3,(H,35,44);14H,5-13H2,1-4H3,(H,23,24,25)/t17-;14-/m11/s1. The van der Waals surface area contributed by atoms with Crippen molar-refractivity contribution < 1.29 is 45.8 Å². The van der Waals surface area contributed by atoms with Gasteiger partial charge in [-0.05, 0) is 92.2 Å². The lowest BCUT2D eigenvalue weighted by Gasteiger charge is -2.37. The summed E-state index contributed by atoms with van der Waals surface area (Å²) in [6, 6.07) is 1.71. The number of H-pyrrole nitrogens is 1. The van der Waals surface area contributed by atoms with Crippen LogP contribution in [0.4, 0.5) is 60.5 Å². The molecule has 0 spiro atoms. The van der Waals surface area contributed by atoms with Crippen LogP contribution >= 0.6 is 11.6 Å². The van der Waals surface area contributed by atoms with E-state index in [4.69, 9.17) is 21.1 Å². The van der Waals surface area contributed by atoms with Crippen molar-refractivity contribution in [1.82, 2.24) is 53.5 Å². The highest BCUT2D eigenvalue weighted by molar-refractivity contribution is 6.32. The highest BCUT2D eigenvalue weighted by Gasteiger charge is 2.35. The number of nitrogens with zero attached hydrogens (tertiary/aromatic N) is 14. The molecule has 9 heterocycles. The van der Waals surface area contributed by atoms with Gasteiger partial charge in [-0.1, -0.05) is 25.4 Å². The third kappa shape index (κ3) is 13.5. The summed E-state index contributed by atoms with van der Waals surface area (Å²) >= 11 is 5.97. The molecular formula is C50H68ClF5N16O7. The average molecular weight is 1140 g/mol. The molecule has 0 saturated carbocycles. The number of hydrogen-bond acceptors (Lipinski definition) is 16. The minimum atomic E-state index is -4.72. The molecule has 29 heteroatoms. The second-order valence-corrected chi connectivity index (χ2v) is 22.1. The number of pyridine rings is 1. The third-order valence-electron chi connectivity index (χ3n) is 13.5. The van der Waals surface area contributed by atoms with Crippen molar-refractivity contribution in [3.05, 3.63) is 55.1 Å². The van der Waals surface area contributed by atoms with E-state index in [-0.39, 0.29) is 80.4 Å². The molecule has 0 aromatic carbocycles. The van der Waals surface area contributed by atoms with E-state index in [2.05, 4.69) is 35.5 Å². The molecule has 0 unspecified atom stereocenters. The van der Waals surface area contributed by atoms with Gasteiger partial charge >= 0.3 is 18.4 Å². The molecule has 4 aliphatic heterocycles. The summed E-state index contributed by atoms with van der Waals surface area (Å²) in [5.41, 5.74) is -1.42. The van der Waals surface area contributed by atoms with Gasteiger partial charge in [0.1, 0.15) is 47.2 Å². The first kappa shape index (κ1) is 58.2. The van der Waals surface area contributed by atoms with Crippen LogP contribution in [-0.4, -0.2) is 174 Å². The largest absolute Gasteiger partial charge is 0.444 e. The molecule has 0 aliphatic carbocycles. The van der Waals surface area contributed by atoms with Crippen LogP contribution < -0.4 is 36.0 Å². The molecule has 432 valence electrons. The van der Waals surface area contributed by atoms with Crippen LogP contribution in [0.25, 0.3) is 11.6 Å². The minimum Gasteiger partial charge on any atom is -0.444 e. The number of carbonyl (C=O) groups excluding carboxylic acids is 3. The first-order valence-electron chi connectivity index (χ1n) is 26.5. The number of ether oxygens (including phenoxy) is 2. The maximum atomic E-state index is 14.3. The number of piperazine rings is 2. The van der Waals surface area contributed by atoms with E-state index in [9.17, 15) is 45.9 Å². The van der Waals surface area contributed by atoms with Crippen LogP contribution in [-0.2, 0) is 39.8 Å². The zero-order valence-corrected chi connectivity index (χ0v) is 46.4. The molecule has 4 aliphatic rings. The predicted octanol–water partition coefficient (Wildman–Crippen LogP) is 6.13. The first-order valence-corrected chi connectivity index (χ1v) is 26.9. The molecule has 5 aromatic heterocycles. The van der Waals surface area contributed by atoms with Crippen LogP contribution in [0.1, 0.15) is 98.2 Å². The Morgan fingerprint density at radius 1 is 0.709 bits per heavy atom. The Morgan fingerprint density at radius 2 is 1.27 bits per heavy atom. The number of piperidine rings is 2. The highest BCUT2D eigenvalue weighted by Crippen LogP contribution is 2.32. The van der Waals surface area contributed by atoms with Gasteiger partial charge in [0.05, 0.1) is 30.2 Å². The van der Waals surface area contributed by atoms with Gasteiger partial charge in [-0.25, -0.2) is 28.3 Å². The zero-order chi connectivity index (χ0) is 57.3. The molecule has 9 rings (SSSR count). The van der Waals surface area contributed by atoms with Gasteiger partial charge in [0, 0.05) is 65.4 Å². The molecule has 0 radical (unpaired) electrons. The lowest BCUT2D eigenvalue weighted by atomic mass is 10.1. The fourth-order valence-corrected chi connectivity index (χ4v) is 10.0. The summed E-state index contributed by atoms with van der Waals surface area (Å²) in [6.07, 6.45) is -4.41. The van der Waals surface area contributed by atoms with Crippen molar-refractivity contribution in [3.63, 3.8) is 0 Å². The molecule has 4 saturated heterocycles. The smallest absolute Gasteiger partial charge is 0.433 e. The van der Waals surface area contributed by atoms with E-state index in [0.29, 0.717) is 99.8 Å². The van der Waals surface area contributed by atoms with Gasteiger partial charge in [-0.3, -0.25) is 19.5 Å². The van der Waals surface area contributed by atoms with Crippen molar-refractivity contribution in [3.8, 4) is 0 Å². The number of anilines is 5. The Balaban J connectivity index is 0.000000223. The second kappa shape index (κ2) is 23.4. The summed E-state index contributed by atoms with van der Waals surface area (Å²) in [7, 11) is 0. The number of aryl methyl sites for hydroxylation is 1. The van der Waals surface area contributed by atoms with Gasteiger partial charge in [0.15, 0.2) is 5.15 Å². The molecule has 79 heavy (non-hydrogen) atoms. The third-order valence-corrected chi connectivity index (χ3v) is 13.8. The van der Waals surface area contributed by atoms with Crippen LogP contribution in [0.15, 0.2) is 21.7 Å². The van der Waals surface area contributed by atoms with E-state index < -0.39 is 64.7 Å². The molecule has 4 fully saturated rings. The minimum absolute atomic E-state index is 0.0331. The maximum Gasteiger partial charge on any atom is 0.433 e. The molecule has 5 aromatic rings. The number of amides is 3. The molecule has 3 amide bonds. The van der Waals surface area contributed by atoms with E-state index in [1.54, 1.807) is 42.4 Å². The zero-order valence-electron chi connectivity index (χ0n) is 45.6. The Bertz CT molecular complexity index is 3160. The van der Waals surface area contributed by atoms with Crippen molar-refractivity contribution in [2.75, 3.05) is 103 Å². The van der Waals surface area contributed by atoms with Crippen LogP contribution in [0.2, 0.25) is 5.15 Å². The van der Waals surface area contributed by atoms with Crippen LogP contribution in [0.5, 0.6) is 0 Å². The van der Waals surface area contributed by atoms with E-state index in [0.717, 1.165) is 17.0 Å². The summed E-state index contributed by atoms with van der Waals surface area (Å²) in [5.74, 6) is 0.235. The molecule has 23 nitrogen and oxygen atoms in total.